The molecule has 150 valence electrons. The summed E-state index contributed by atoms with van der Waals surface area (Å²) in [4.78, 5) is 17.1. The Kier molecular flexibility index (Phi) is 6.26. The number of hydrogen-bond donors (Lipinski definition) is 0. The van der Waals surface area contributed by atoms with E-state index in [1.807, 2.05) is 29.2 Å². The van der Waals surface area contributed by atoms with Gasteiger partial charge < -0.3 is 14.5 Å². The first-order chi connectivity index (χ1) is 12.9. The molecule has 2 heterocycles. The highest BCUT2D eigenvalue weighted by Crippen LogP contribution is 2.24. The SMILES string of the molecule is CCS(=O)(=O)N1CCC[C@H](C(=O)N2CCN(c3ccc(OC)cc3)CC2)C1. The zero-order valence-electron chi connectivity index (χ0n) is 16.1. The Morgan fingerprint density at radius 1 is 1.11 bits per heavy atom. The normalized spacial score (nSPS) is 21.9. The van der Waals surface area contributed by atoms with Gasteiger partial charge in [0.25, 0.3) is 0 Å². The first-order valence-electron chi connectivity index (χ1n) is 9.60. The monoisotopic (exact) mass is 395 g/mol. The number of ether oxygens (including phenoxy) is 1. The molecular weight excluding hydrogens is 366 g/mol. The third-order valence-corrected chi connectivity index (χ3v) is 7.37. The van der Waals surface area contributed by atoms with Crippen LogP contribution in [-0.4, -0.2) is 75.7 Å². The van der Waals surface area contributed by atoms with Crippen LogP contribution in [0.1, 0.15) is 19.8 Å². The molecule has 7 nitrogen and oxygen atoms in total. The molecule has 0 radical (unpaired) electrons. The summed E-state index contributed by atoms with van der Waals surface area (Å²) < 4.78 is 30.9. The molecule has 2 saturated heterocycles. The molecule has 1 atom stereocenters. The predicted molar refractivity (Wildman–Crippen MR) is 106 cm³/mol. The summed E-state index contributed by atoms with van der Waals surface area (Å²) >= 11 is 0. The van der Waals surface area contributed by atoms with Gasteiger partial charge in [-0.1, -0.05) is 0 Å². The standard InChI is InChI=1S/C19H29N3O4S/c1-3-27(24,25)22-10-4-5-16(15-22)19(23)21-13-11-20(12-14-21)17-6-8-18(26-2)9-7-17/h6-9,16H,3-5,10-15H2,1-2H3/t16-/m0/s1. The maximum absolute atomic E-state index is 12.9. The molecule has 8 heteroatoms. The maximum Gasteiger partial charge on any atom is 0.227 e. The second kappa shape index (κ2) is 8.48. The van der Waals surface area contributed by atoms with Gasteiger partial charge >= 0.3 is 0 Å². The van der Waals surface area contributed by atoms with Crippen LogP contribution in [0.3, 0.4) is 0 Å². The molecule has 1 aromatic rings. The molecule has 0 aliphatic carbocycles. The summed E-state index contributed by atoms with van der Waals surface area (Å²) in [5.74, 6) is 0.804. The molecule has 2 fully saturated rings. The lowest BCUT2D eigenvalue weighted by Gasteiger charge is -2.39. The van der Waals surface area contributed by atoms with Crippen molar-refractivity contribution in [3.8, 4) is 5.75 Å². The number of sulfonamides is 1. The van der Waals surface area contributed by atoms with Crippen molar-refractivity contribution in [2.45, 2.75) is 19.8 Å². The average molecular weight is 396 g/mol. The number of amides is 1. The fourth-order valence-corrected chi connectivity index (χ4v) is 4.99. The molecule has 0 spiro atoms. The summed E-state index contributed by atoms with van der Waals surface area (Å²) in [5.41, 5.74) is 1.13. The van der Waals surface area contributed by atoms with Crippen LogP contribution in [0.15, 0.2) is 24.3 Å². The Bertz CT molecular complexity index is 743. The van der Waals surface area contributed by atoms with Gasteiger partial charge in [-0.15, -0.1) is 0 Å². The van der Waals surface area contributed by atoms with Crippen LogP contribution in [0.25, 0.3) is 0 Å². The fraction of sp³-hybridized carbons (Fsp3) is 0.632. The molecule has 0 unspecified atom stereocenters. The summed E-state index contributed by atoms with van der Waals surface area (Å²) in [7, 11) is -1.57. The van der Waals surface area contributed by atoms with Gasteiger partial charge in [-0.2, -0.15) is 0 Å². The number of rotatable bonds is 5. The van der Waals surface area contributed by atoms with Gasteiger partial charge in [0.05, 0.1) is 18.8 Å². The number of carbonyl (C=O) groups is 1. The molecule has 3 rings (SSSR count). The Morgan fingerprint density at radius 2 is 1.78 bits per heavy atom. The van der Waals surface area contributed by atoms with Gasteiger partial charge in [0.15, 0.2) is 0 Å². The lowest BCUT2D eigenvalue weighted by atomic mass is 9.97. The van der Waals surface area contributed by atoms with Gasteiger partial charge in [0.2, 0.25) is 15.9 Å². The quantitative estimate of drug-likeness (QED) is 0.754. The molecule has 2 aliphatic rings. The van der Waals surface area contributed by atoms with Crippen molar-refractivity contribution in [2.24, 2.45) is 5.92 Å². The molecule has 0 aromatic heterocycles. The van der Waals surface area contributed by atoms with Crippen LogP contribution in [0.4, 0.5) is 5.69 Å². The van der Waals surface area contributed by atoms with Crippen molar-refractivity contribution in [2.75, 3.05) is 57.0 Å². The highest BCUT2D eigenvalue weighted by atomic mass is 32.2. The number of methoxy groups -OCH3 is 1. The summed E-state index contributed by atoms with van der Waals surface area (Å²) in [6.07, 6.45) is 1.52. The number of anilines is 1. The first-order valence-corrected chi connectivity index (χ1v) is 11.2. The summed E-state index contributed by atoms with van der Waals surface area (Å²) in [6.45, 7) is 5.41. The van der Waals surface area contributed by atoms with E-state index in [1.54, 1.807) is 14.0 Å². The zero-order valence-corrected chi connectivity index (χ0v) is 17.0. The summed E-state index contributed by atoms with van der Waals surface area (Å²) in [5, 5.41) is 0. The van der Waals surface area contributed by atoms with Crippen LogP contribution < -0.4 is 9.64 Å². The molecule has 0 saturated carbocycles. The van der Waals surface area contributed by atoms with E-state index in [0.717, 1.165) is 37.4 Å². The van der Waals surface area contributed by atoms with Gasteiger partial charge in [-0.3, -0.25) is 4.79 Å². The maximum atomic E-state index is 12.9. The van der Waals surface area contributed by atoms with Crippen molar-refractivity contribution in [3.63, 3.8) is 0 Å². The smallest absolute Gasteiger partial charge is 0.227 e. The topological polar surface area (TPSA) is 70.2 Å². The van der Waals surface area contributed by atoms with E-state index in [2.05, 4.69) is 4.90 Å². The Hall–Kier alpha value is -1.80. The fourth-order valence-electron chi connectivity index (χ4n) is 3.82. The van der Waals surface area contributed by atoms with Crippen LogP contribution in [0.2, 0.25) is 0 Å². The Balaban J connectivity index is 1.56. The minimum Gasteiger partial charge on any atom is -0.497 e. The molecule has 2 aliphatic heterocycles. The van der Waals surface area contributed by atoms with Crippen molar-refractivity contribution in [1.29, 1.82) is 0 Å². The zero-order chi connectivity index (χ0) is 19.4. The van der Waals surface area contributed by atoms with Crippen LogP contribution in [0, 0.1) is 5.92 Å². The number of piperazine rings is 1. The molecule has 27 heavy (non-hydrogen) atoms. The Labute approximate surface area is 161 Å². The van der Waals surface area contributed by atoms with Crippen molar-refractivity contribution >= 4 is 21.6 Å². The van der Waals surface area contributed by atoms with E-state index >= 15 is 0 Å². The minimum absolute atomic E-state index is 0.0917. The number of piperidine rings is 1. The van der Waals surface area contributed by atoms with Gasteiger partial charge in [-0.25, -0.2) is 12.7 Å². The minimum atomic E-state index is -3.22. The van der Waals surface area contributed by atoms with E-state index in [0.29, 0.717) is 26.2 Å². The predicted octanol–water partition coefficient (Wildman–Crippen LogP) is 1.41. The van der Waals surface area contributed by atoms with Crippen molar-refractivity contribution in [3.05, 3.63) is 24.3 Å². The van der Waals surface area contributed by atoms with E-state index in [4.69, 9.17) is 4.74 Å². The second-order valence-corrected chi connectivity index (χ2v) is 9.37. The number of nitrogens with zero attached hydrogens (tertiary/aromatic N) is 3. The largest absolute Gasteiger partial charge is 0.497 e. The lowest BCUT2D eigenvalue weighted by molar-refractivity contribution is -0.137. The number of carbonyl (C=O) groups excluding carboxylic acids is 1. The van der Waals surface area contributed by atoms with E-state index < -0.39 is 10.0 Å². The molecule has 1 aromatic carbocycles. The highest BCUT2D eigenvalue weighted by molar-refractivity contribution is 7.89. The molecule has 1 amide bonds. The highest BCUT2D eigenvalue weighted by Gasteiger charge is 2.34. The summed E-state index contributed by atoms with van der Waals surface area (Å²) in [6, 6.07) is 7.95. The van der Waals surface area contributed by atoms with E-state index in [9.17, 15) is 13.2 Å². The molecular formula is C19H29N3O4S. The average Bonchev–Trinajstić information content (AvgIpc) is 2.73. The first kappa shape index (κ1) is 19.9. The van der Waals surface area contributed by atoms with Crippen LogP contribution in [0.5, 0.6) is 5.75 Å². The number of benzene rings is 1. The Morgan fingerprint density at radius 3 is 2.37 bits per heavy atom. The van der Waals surface area contributed by atoms with Gasteiger partial charge in [0.1, 0.15) is 5.75 Å². The van der Waals surface area contributed by atoms with Crippen LogP contribution >= 0.6 is 0 Å². The third kappa shape index (κ3) is 4.55. The van der Waals surface area contributed by atoms with Crippen LogP contribution in [-0.2, 0) is 14.8 Å². The van der Waals surface area contributed by atoms with E-state index in [1.165, 1.54) is 4.31 Å². The van der Waals surface area contributed by atoms with Gasteiger partial charge in [0, 0.05) is 45.0 Å². The van der Waals surface area contributed by atoms with Crippen molar-refractivity contribution < 1.29 is 17.9 Å². The third-order valence-electron chi connectivity index (χ3n) is 5.52. The van der Waals surface area contributed by atoms with E-state index in [-0.39, 0.29) is 17.6 Å². The molecule has 0 N–H and O–H groups in total. The van der Waals surface area contributed by atoms with Crippen molar-refractivity contribution in [1.82, 2.24) is 9.21 Å². The molecule has 0 bridgehead atoms. The second-order valence-electron chi connectivity index (χ2n) is 7.11. The van der Waals surface area contributed by atoms with Gasteiger partial charge in [-0.05, 0) is 44.0 Å². The number of hydrogen-bond acceptors (Lipinski definition) is 5. The lowest BCUT2D eigenvalue weighted by Crippen LogP contribution is -2.53.